The van der Waals surface area contributed by atoms with Gasteiger partial charge in [-0.3, -0.25) is 0 Å². The molecule has 0 unspecified atom stereocenters. The molecule has 0 bridgehead atoms. The Hall–Kier alpha value is -1.83. The Morgan fingerprint density at radius 3 is 2.38 bits per heavy atom. The summed E-state index contributed by atoms with van der Waals surface area (Å²) in [5, 5.41) is 9.37. The lowest BCUT2D eigenvalue weighted by molar-refractivity contribution is 0.0693. The minimum atomic E-state index is -3.59. The Balaban J connectivity index is 1.80. The molecule has 0 spiro atoms. The highest BCUT2D eigenvalue weighted by Crippen LogP contribution is 2.36. The van der Waals surface area contributed by atoms with Gasteiger partial charge in [-0.2, -0.15) is 0 Å². The molecule has 1 fully saturated rings. The SMILES string of the molecule is O=C(O)c1ccccc1S[C@H]1CCCC[C@@H]1NS(=O)(=O)c1ccccc1. The molecule has 2 atom stereocenters. The summed E-state index contributed by atoms with van der Waals surface area (Å²) in [7, 11) is -3.59. The zero-order valence-electron chi connectivity index (χ0n) is 14.2. The van der Waals surface area contributed by atoms with Crippen LogP contribution in [0.15, 0.2) is 64.4 Å². The van der Waals surface area contributed by atoms with Gasteiger partial charge in [0.1, 0.15) is 0 Å². The molecule has 2 N–H and O–H groups in total. The second kappa shape index (κ2) is 8.24. The predicted molar refractivity (Wildman–Crippen MR) is 102 cm³/mol. The number of benzene rings is 2. The summed E-state index contributed by atoms with van der Waals surface area (Å²) in [4.78, 5) is 12.4. The van der Waals surface area contributed by atoms with Gasteiger partial charge in [0.05, 0.1) is 10.5 Å². The molecule has 0 amide bonds. The summed E-state index contributed by atoms with van der Waals surface area (Å²) in [6.07, 6.45) is 3.57. The van der Waals surface area contributed by atoms with Crippen LogP contribution in [0, 0.1) is 0 Å². The maximum atomic E-state index is 12.7. The fraction of sp³-hybridized carbons (Fsp3) is 0.316. The van der Waals surface area contributed by atoms with Crippen LogP contribution in [0.4, 0.5) is 0 Å². The number of carboxylic acid groups (broad SMARTS) is 1. The summed E-state index contributed by atoms with van der Waals surface area (Å²) in [6.45, 7) is 0. The molecular formula is C19H21NO4S2. The number of nitrogens with one attached hydrogen (secondary N) is 1. The molecule has 138 valence electrons. The van der Waals surface area contributed by atoms with E-state index in [-0.39, 0.29) is 21.8 Å². The highest BCUT2D eigenvalue weighted by atomic mass is 32.2. The second-order valence-electron chi connectivity index (χ2n) is 6.28. The molecule has 2 aromatic carbocycles. The van der Waals surface area contributed by atoms with Crippen LogP contribution in [0.3, 0.4) is 0 Å². The number of carbonyl (C=O) groups is 1. The van der Waals surface area contributed by atoms with Crippen LogP contribution in [0.25, 0.3) is 0 Å². The number of aromatic carboxylic acids is 1. The van der Waals surface area contributed by atoms with Crippen LogP contribution >= 0.6 is 11.8 Å². The Morgan fingerprint density at radius 1 is 1.00 bits per heavy atom. The smallest absolute Gasteiger partial charge is 0.336 e. The minimum Gasteiger partial charge on any atom is -0.478 e. The van der Waals surface area contributed by atoms with Gasteiger partial charge in [0, 0.05) is 16.2 Å². The molecule has 0 radical (unpaired) electrons. The average molecular weight is 392 g/mol. The number of carboxylic acids is 1. The lowest BCUT2D eigenvalue weighted by atomic mass is 9.96. The van der Waals surface area contributed by atoms with E-state index in [1.54, 1.807) is 54.6 Å². The summed E-state index contributed by atoms with van der Waals surface area (Å²) in [5.41, 5.74) is 0.257. The first-order chi connectivity index (χ1) is 12.5. The van der Waals surface area contributed by atoms with Crippen molar-refractivity contribution in [2.75, 3.05) is 0 Å². The van der Waals surface area contributed by atoms with Crippen LogP contribution in [-0.4, -0.2) is 30.8 Å². The van der Waals surface area contributed by atoms with E-state index in [0.29, 0.717) is 4.90 Å². The van der Waals surface area contributed by atoms with Gasteiger partial charge >= 0.3 is 5.97 Å². The van der Waals surface area contributed by atoms with Crippen molar-refractivity contribution in [1.29, 1.82) is 0 Å². The quantitative estimate of drug-likeness (QED) is 0.783. The molecule has 1 aliphatic rings. The standard InChI is InChI=1S/C19H21NO4S2/c21-19(22)15-10-4-6-12-17(15)25-18-13-7-5-11-16(18)20-26(23,24)14-8-2-1-3-9-14/h1-4,6,8-10,12,16,18,20H,5,7,11,13H2,(H,21,22)/t16-,18-/m0/s1. The maximum absolute atomic E-state index is 12.7. The predicted octanol–water partition coefficient (Wildman–Crippen LogP) is 3.77. The summed E-state index contributed by atoms with van der Waals surface area (Å²) in [5.74, 6) is -0.967. The van der Waals surface area contributed by atoms with Crippen molar-refractivity contribution in [1.82, 2.24) is 4.72 Å². The zero-order chi connectivity index (χ0) is 18.6. The molecule has 5 nitrogen and oxygen atoms in total. The van der Waals surface area contributed by atoms with Crippen LogP contribution in [0.1, 0.15) is 36.0 Å². The van der Waals surface area contributed by atoms with Crippen molar-refractivity contribution in [3.05, 3.63) is 60.2 Å². The van der Waals surface area contributed by atoms with E-state index < -0.39 is 16.0 Å². The van der Waals surface area contributed by atoms with Crippen molar-refractivity contribution in [2.45, 2.75) is 46.8 Å². The molecule has 2 aromatic rings. The van der Waals surface area contributed by atoms with Gasteiger partial charge in [-0.1, -0.05) is 43.2 Å². The summed E-state index contributed by atoms with van der Waals surface area (Å²) in [6, 6.07) is 15.0. The van der Waals surface area contributed by atoms with Gasteiger partial charge in [-0.25, -0.2) is 17.9 Å². The van der Waals surface area contributed by atoms with Crippen LogP contribution < -0.4 is 4.72 Å². The number of sulfonamides is 1. The topological polar surface area (TPSA) is 83.5 Å². The van der Waals surface area contributed by atoms with E-state index in [4.69, 9.17) is 0 Å². The average Bonchev–Trinajstić information content (AvgIpc) is 2.64. The largest absolute Gasteiger partial charge is 0.478 e. The molecule has 26 heavy (non-hydrogen) atoms. The number of hydrogen-bond donors (Lipinski definition) is 2. The third kappa shape index (κ3) is 4.47. The van der Waals surface area contributed by atoms with Gasteiger partial charge in [-0.15, -0.1) is 11.8 Å². The van der Waals surface area contributed by atoms with Gasteiger partial charge in [-0.05, 0) is 37.1 Å². The number of rotatable bonds is 6. The van der Waals surface area contributed by atoms with Crippen LogP contribution in [0.2, 0.25) is 0 Å². The molecule has 7 heteroatoms. The molecule has 0 aliphatic heterocycles. The second-order valence-corrected chi connectivity index (χ2v) is 9.28. The van der Waals surface area contributed by atoms with Crippen molar-refractivity contribution < 1.29 is 18.3 Å². The lowest BCUT2D eigenvalue weighted by Gasteiger charge is -2.31. The first-order valence-electron chi connectivity index (χ1n) is 8.54. The van der Waals surface area contributed by atoms with Crippen molar-refractivity contribution in [3.8, 4) is 0 Å². The van der Waals surface area contributed by atoms with Crippen LogP contribution in [0.5, 0.6) is 0 Å². The fourth-order valence-electron chi connectivity index (χ4n) is 3.15. The van der Waals surface area contributed by atoms with E-state index in [1.165, 1.54) is 11.8 Å². The Labute approximate surface area is 157 Å². The molecular weight excluding hydrogens is 370 g/mol. The Bertz CT molecular complexity index is 868. The third-order valence-corrected chi connectivity index (χ3v) is 7.44. The Kier molecular flexibility index (Phi) is 6.01. The third-order valence-electron chi connectivity index (χ3n) is 4.46. The zero-order valence-corrected chi connectivity index (χ0v) is 15.8. The van der Waals surface area contributed by atoms with Crippen molar-refractivity contribution in [2.24, 2.45) is 0 Å². The number of thioether (sulfide) groups is 1. The molecule has 0 saturated heterocycles. The monoisotopic (exact) mass is 391 g/mol. The fourth-order valence-corrected chi connectivity index (χ4v) is 5.99. The first kappa shape index (κ1) is 18.9. The number of hydrogen-bond acceptors (Lipinski definition) is 4. The van der Waals surface area contributed by atoms with Crippen molar-refractivity contribution in [3.63, 3.8) is 0 Å². The van der Waals surface area contributed by atoms with E-state index in [9.17, 15) is 18.3 Å². The van der Waals surface area contributed by atoms with Gasteiger partial charge in [0.25, 0.3) is 0 Å². The summed E-state index contributed by atoms with van der Waals surface area (Å²) >= 11 is 1.46. The molecule has 1 aliphatic carbocycles. The molecule has 1 saturated carbocycles. The van der Waals surface area contributed by atoms with Gasteiger partial charge in [0.15, 0.2) is 0 Å². The normalized spacial score (nSPS) is 20.6. The summed E-state index contributed by atoms with van der Waals surface area (Å²) < 4.78 is 28.2. The van der Waals surface area contributed by atoms with Gasteiger partial charge < -0.3 is 5.11 Å². The highest BCUT2D eigenvalue weighted by molar-refractivity contribution is 8.00. The first-order valence-corrected chi connectivity index (χ1v) is 10.9. The minimum absolute atomic E-state index is 0.00253. The highest BCUT2D eigenvalue weighted by Gasteiger charge is 2.31. The molecule has 0 heterocycles. The van der Waals surface area contributed by atoms with E-state index in [1.807, 2.05) is 0 Å². The molecule has 0 aromatic heterocycles. The van der Waals surface area contributed by atoms with E-state index in [2.05, 4.69) is 4.72 Å². The van der Waals surface area contributed by atoms with E-state index in [0.717, 1.165) is 25.7 Å². The van der Waals surface area contributed by atoms with Crippen LogP contribution in [-0.2, 0) is 10.0 Å². The van der Waals surface area contributed by atoms with E-state index >= 15 is 0 Å². The molecule has 3 rings (SSSR count). The Morgan fingerprint density at radius 2 is 1.65 bits per heavy atom. The van der Waals surface area contributed by atoms with Crippen molar-refractivity contribution >= 4 is 27.8 Å². The van der Waals surface area contributed by atoms with Gasteiger partial charge in [0.2, 0.25) is 10.0 Å². The lowest BCUT2D eigenvalue weighted by Crippen LogP contribution is -2.43. The maximum Gasteiger partial charge on any atom is 0.336 e.